The third-order valence-electron chi connectivity index (χ3n) is 3.85. The summed E-state index contributed by atoms with van der Waals surface area (Å²) in [6.45, 7) is 0. The van der Waals surface area contributed by atoms with Crippen LogP contribution in [0, 0.1) is 0 Å². The Morgan fingerprint density at radius 3 is 2.83 bits per heavy atom. The number of amides is 1. The van der Waals surface area contributed by atoms with Crippen LogP contribution in [0.3, 0.4) is 0 Å². The van der Waals surface area contributed by atoms with Gasteiger partial charge in [-0.15, -0.1) is 11.8 Å². The van der Waals surface area contributed by atoms with Gasteiger partial charge in [0, 0.05) is 16.1 Å². The molecule has 0 atom stereocenters. The molecule has 1 aliphatic heterocycles. The minimum absolute atomic E-state index is 0.0360. The third-order valence-corrected chi connectivity index (χ3v) is 4.63. The summed E-state index contributed by atoms with van der Waals surface area (Å²) in [6.07, 6.45) is 5.63. The fourth-order valence-electron chi connectivity index (χ4n) is 2.61. The van der Waals surface area contributed by atoms with Gasteiger partial charge >= 0.3 is 0 Å². The van der Waals surface area contributed by atoms with E-state index >= 15 is 0 Å². The molecule has 3 rings (SSSR count). The van der Waals surface area contributed by atoms with Crippen molar-refractivity contribution in [2.24, 2.45) is 0 Å². The van der Waals surface area contributed by atoms with Crippen molar-refractivity contribution in [2.45, 2.75) is 11.3 Å². The number of carbonyl (C=O) groups is 2. The normalized spacial score (nSPS) is 13.0. The zero-order valence-corrected chi connectivity index (χ0v) is 14.3. The number of hydrogen-bond acceptors (Lipinski definition) is 4. The number of fused-ring (bicyclic) bond motifs is 1. The van der Waals surface area contributed by atoms with Gasteiger partial charge in [0.25, 0.3) is 0 Å². The zero-order valence-electron chi connectivity index (χ0n) is 13.5. The molecule has 24 heavy (non-hydrogen) atoms. The zero-order chi connectivity index (χ0) is 17.1. The maximum atomic E-state index is 12.3. The van der Waals surface area contributed by atoms with Crippen molar-refractivity contribution >= 4 is 35.2 Å². The van der Waals surface area contributed by atoms with Gasteiger partial charge in [-0.3, -0.25) is 9.59 Å². The second-order valence-electron chi connectivity index (χ2n) is 5.41. The van der Waals surface area contributed by atoms with E-state index in [1.165, 1.54) is 0 Å². The fraction of sp³-hybridized carbons (Fsp3) is 0.158. The SMILES string of the molecule is COc1cc(C=CC(=O)c2ccc3c(c2)CC(=O)N3)ccc1SC. The minimum Gasteiger partial charge on any atom is -0.496 e. The lowest BCUT2D eigenvalue weighted by molar-refractivity contribution is -0.115. The number of benzene rings is 2. The summed E-state index contributed by atoms with van der Waals surface area (Å²) in [6, 6.07) is 11.1. The quantitative estimate of drug-likeness (QED) is 0.511. The van der Waals surface area contributed by atoms with E-state index in [1.807, 2.05) is 24.5 Å². The Morgan fingerprint density at radius 2 is 2.08 bits per heavy atom. The summed E-state index contributed by atoms with van der Waals surface area (Å²) >= 11 is 1.61. The first-order valence-corrected chi connectivity index (χ1v) is 8.70. The van der Waals surface area contributed by atoms with E-state index in [0.717, 1.165) is 27.5 Å². The Hall–Kier alpha value is -2.53. The van der Waals surface area contributed by atoms with Crippen molar-refractivity contribution in [2.75, 3.05) is 18.7 Å². The highest BCUT2D eigenvalue weighted by Crippen LogP contribution is 2.29. The molecule has 2 aromatic carbocycles. The molecule has 0 aromatic heterocycles. The van der Waals surface area contributed by atoms with Crippen molar-refractivity contribution in [3.05, 3.63) is 59.2 Å². The third kappa shape index (κ3) is 3.36. The highest BCUT2D eigenvalue weighted by Gasteiger charge is 2.18. The van der Waals surface area contributed by atoms with Crippen LogP contribution >= 0.6 is 11.8 Å². The molecule has 2 aromatic rings. The van der Waals surface area contributed by atoms with E-state index in [0.29, 0.717) is 12.0 Å². The molecule has 122 valence electrons. The number of thioether (sulfide) groups is 1. The van der Waals surface area contributed by atoms with Gasteiger partial charge in [-0.05, 0) is 53.8 Å². The van der Waals surface area contributed by atoms with Gasteiger partial charge in [-0.1, -0.05) is 12.1 Å². The number of nitrogens with one attached hydrogen (secondary N) is 1. The molecule has 4 nitrogen and oxygen atoms in total. The van der Waals surface area contributed by atoms with Crippen LogP contribution in [0.4, 0.5) is 5.69 Å². The molecular formula is C19H17NO3S. The van der Waals surface area contributed by atoms with Crippen LogP contribution < -0.4 is 10.1 Å². The van der Waals surface area contributed by atoms with E-state index in [2.05, 4.69) is 5.32 Å². The Labute approximate surface area is 144 Å². The van der Waals surface area contributed by atoms with E-state index in [4.69, 9.17) is 4.74 Å². The Morgan fingerprint density at radius 1 is 1.25 bits per heavy atom. The van der Waals surface area contributed by atoms with Gasteiger partial charge in [0.05, 0.1) is 13.5 Å². The monoisotopic (exact) mass is 339 g/mol. The van der Waals surface area contributed by atoms with Crippen molar-refractivity contribution in [1.82, 2.24) is 0 Å². The molecule has 0 aliphatic carbocycles. The molecule has 5 heteroatoms. The number of rotatable bonds is 5. The predicted molar refractivity (Wildman–Crippen MR) is 96.9 cm³/mol. The van der Waals surface area contributed by atoms with E-state index in [9.17, 15) is 9.59 Å². The van der Waals surface area contributed by atoms with E-state index in [1.54, 1.807) is 49.2 Å². The van der Waals surface area contributed by atoms with E-state index < -0.39 is 0 Å². The highest BCUT2D eigenvalue weighted by molar-refractivity contribution is 7.98. The molecule has 0 bridgehead atoms. The number of methoxy groups -OCH3 is 1. The highest BCUT2D eigenvalue weighted by atomic mass is 32.2. The van der Waals surface area contributed by atoms with Crippen LogP contribution in [-0.4, -0.2) is 25.1 Å². The smallest absolute Gasteiger partial charge is 0.228 e. The standard InChI is InChI=1S/C19H17NO3S/c1-23-17-9-12(4-8-18(17)24-2)3-7-16(21)13-5-6-15-14(10-13)11-19(22)20-15/h3-10H,11H2,1-2H3,(H,20,22). The van der Waals surface area contributed by atoms with Crippen LogP contribution in [0.1, 0.15) is 21.5 Å². The number of ether oxygens (including phenoxy) is 1. The lowest BCUT2D eigenvalue weighted by atomic mass is 10.0. The number of ketones is 1. The van der Waals surface area contributed by atoms with Gasteiger partial charge in [0.15, 0.2) is 5.78 Å². The molecule has 0 unspecified atom stereocenters. The summed E-state index contributed by atoms with van der Waals surface area (Å²) in [7, 11) is 1.63. The van der Waals surface area contributed by atoms with Gasteiger partial charge in [-0.2, -0.15) is 0 Å². The van der Waals surface area contributed by atoms with Gasteiger partial charge < -0.3 is 10.1 Å². The Kier molecular flexibility index (Phi) is 4.71. The van der Waals surface area contributed by atoms with Gasteiger partial charge in [0.1, 0.15) is 5.75 Å². The van der Waals surface area contributed by atoms with Gasteiger partial charge in [0.2, 0.25) is 5.91 Å². The van der Waals surface area contributed by atoms with Crippen molar-refractivity contribution in [3.63, 3.8) is 0 Å². The molecule has 0 fully saturated rings. The topological polar surface area (TPSA) is 55.4 Å². The van der Waals surface area contributed by atoms with E-state index in [-0.39, 0.29) is 11.7 Å². The maximum Gasteiger partial charge on any atom is 0.228 e. The average molecular weight is 339 g/mol. The number of hydrogen-bond donors (Lipinski definition) is 1. The first-order chi connectivity index (χ1) is 11.6. The van der Waals surface area contributed by atoms with Crippen LogP contribution in [-0.2, 0) is 11.2 Å². The molecule has 0 saturated heterocycles. The molecular weight excluding hydrogens is 322 g/mol. The van der Waals surface area contributed by atoms with Crippen molar-refractivity contribution in [3.8, 4) is 5.75 Å². The Balaban J connectivity index is 1.79. The molecule has 0 spiro atoms. The van der Waals surface area contributed by atoms with Crippen molar-refractivity contribution in [1.29, 1.82) is 0 Å². The summed E-state index contributed by atoms with van der Waals surface area (Å²) < 4.78 is 5.35. The van der Waals surface area contributed by atoms with Crippen LogP contribution in [0.15, 0.2) is 47.4 Å². The first-order valence-electron chi connectivity index (χ1n) is 7.48. The summed E-state index contributed by atoms with van der Waals surface area (Å²) in [5, 5.41) is 2.76. The number of carbonyl (C=O) groups excluding carboxylic acids is 2. The second kappa shape index (κ2) is 6.93. The first kappa shape index (κ1) is 16.3. The molecule has 1 aliphatic rings. The van der Waals surface area contributed by atoms with Crippen LogP contribution in [0.5, 0.6) is 5.75 Å². The Bertz CT molecular complexity index is 843. The molecule has 1 N–H and O–H groups in total. The van der Waals surface area contributed by atoms with Gasteiger partial charge in [-0.25, -0.2) is 0 Å². The summed E-state index contributed by atoms with van der Waals surface area (Å²) in [5.41, 5.74) is 3.13. The largest absolute Gasteiger partial charge is 0.496 e. The molecule has 0 saturated carbocycles. The number of allylic oxidation sites excluding steroid dienone is 1. The van der Waals surface area contributed by atoms with Crippen LogP contribution in [0.2, 0.25) is 0 Å². The molecule has 0 radical (unpaired) electrons. The fourth-order valence-corrected chi connectivity index (χ4v) is 3.15. The average Bonchev–Trinajstić information content (AvgIpc) is 2.98. The lowest BCUT2D eigenvalue weighted by Crippen LogP contribution is -2.03. The summed E-state index contributed by atoms with van der Waals surface area (Å²) in [5.74, 6) is 0.662. The minimum atomic E-state index is -0.0925. The number of anilines is 1. The molecule has 1 amide bonds. The maximum absolute atomic E-state index is 12.3. The molecule has 1 heterocycles. The second-order valence-corrected chi connectivity index (χ2v) is 6.26. The lowest BCUT2D eigenvalue weighted by Gasteiger charge is -2.06. The van der Waals surface area contributed by atoms with Crippen molar-refractivity contribution < 1.29 is 14.3 Å². The summed E-state index contributed by atoms with van der Waals surface area (Å²) in [4.78, 5) is 24.8. The predicted octanol–water partition coefficient (Wildman–Crippen LogP) is 3.81. The van der Waals surface area contributed by atoms with Crippen LogP contribution in [0.25, 0.3) is 6.08 Å².